The SMILES string of the molecule is Cc1sc2c(c1C)C(c1ccc(-c3cccc(N4CCOCC4)c3)cc1)=N[C@@H](C(C)C(=O)O)c1nnc(C)n1-2. The number of fused-ring (bicyclic) bond motifs is 3. The number of aliphatic carboxylic acids is 1. The molecule has 1 saturated heterocycles. The van der Waals surface area contributed by atoms with E-state index in [2.05, 4.69) is 77.5 Å². The molecule has 2 atom stereocenters. The molecule has 200 valence electrons. The van der Waals surface area contributed by atoms with Crippen molar-refractivity contribution in [1.82, 2.24) is 14.8 Å². The lowest BCUT2D eigenvalue weighted by Gasteiger charge is -2.29. The lowest BCUT2D eigenvalue weighted by molar-refractivity contribution is -0.141. The van der Waals surface area contributed by atoms with Crippen molar-refractivity contribution in [3.8, 4) is 16.1 Å². The van der Waals surface area contributed by atoms with Gasteiger partial charge in [0.2, 0.25) is 0 Å². The monoisotopic (exact) mass is 541 g/mol. The summed E-state index contributed by atoms with van der Waals surface area (Å²) in [5.41, 5.74) is 7.36. The second-order valence-corrected chi connectivity index (χ2v) is 11.4. The van der Waals surface area contributed by atoms with Crippen LogP contribution < -0.4 is 4.90 Å². The summed E-state index contributed by atoms with van der Waals surface area (Å²) in [4.78, 5) is 20.8. The molecule has 0 bridgehead atoms. The Kier molecular flexibility index (Phi) is 6.56. The molecule has 0 spiro atoms. The van der Waals surface area contributed by atoms with Crippen molar-refractivity contribution in [2.45, 2.75) is 33.7 Å². The molecular formula is C30H31N5O3S. The molecule has 39 heavy (non-hydrogen) atoms. The molecule has 0 radical (unpaired) electrons. The van der Waals surface area contributed by atoms with Crippen molar-refractivity contribution >= 4 is 28.7 Å². The molecule has 0 amide bonds. The first kappa shape index (κ1) is 25.5. The van der Waals surface area contributed by atoms with Crippen LogP contribution in [0.25, 0.3) is 16.1 Å². The van der Waals surface area contributed by atoms with E-state index < -0.39 is 17.9 Å². The van der Waals surface area contributed by atoms with Gasteiger partial charge in [-0.2, -0.15) is 0 Å². The van der Waals surface area contributed by atoms with E-state index in [1.54, 1.807) is 18.3 Å². The lowest BCUT2D eigenvalue weighted by atomic mass is 9.96. The Morgan fingerprint density at radius 1 is 1.03 bits per heavy atom. The third kappa shape index (κ3) is 4.45. The molecule has 1 N–H and O–H groups in total. The van der Waals surface area contributed by atoms with E-state index in [1.165, 1.54) is 10.6 Å². The molecule has 2 aromatic heterocycles. The van der Waals surface area contributed by atoms with Crippen LogP contribution in [0.4, 0.5) is 5.69 Å². The van der Waals surface area contributed by atoms with E-state index in [1.807, 2.05) is 11.5 Å². The lowest BCUT2D eigenvalue weighted by Crippen LogP contribution is -2.36. The minimum Gasteiger partial charge on any atom is -0.481 e. The van der Waals surface area contributed by atoms with Gasteiger partial charge in [-0.15, -0.1) is 21.5 Å². The number of hydrogen-bond acceptors (Lipinski definition) is 7. The number of aryl methyl sites for hydroxylation is 2. The van der Waals surface area contributed by atoms with E-state index in [4.69, 9.17) is 9.73 Å². The summed E-state index contributed by atoms with van der Waals surface area (Å²) in [6.07, 6.45) is 0. The van der Waals surface area contributed by atoms with Crippen LogP contribution >= 0.6 is 11.3 Å². The number of anilines is 1. The Morgan fingerprint density at radius 3 is 2.46 bits per heavy atom. The second-order valence-electron chi connectivity index (χ2n) is 10.2. The minimum atomic E-state index is -0.913. The van der Waals surface area contributed by atoms with Crippen LogP contribution in [0.1, 0.15) is 46.2 Å². The van der Waals surface area contributed by atoms with Crippen LogP contribution in [0.15, 0.2) is 53.5 Å². The van der Waals surface area contributed by atoms with Crippen molar-refractivity contribution in [2.24, 2.45) is 10.9 Å². The fourth-order valence-corrected chi connectivity index (χ4v) is 6.56. The largest absolute Gasteiger partial charge is 0.481 e. The summed E-state index contributed by atoms with van der Waals surface area (Å²) >= 11 is 1.67. The maximum Gasteiger partial charge on any atom is 0.308 e. The predicted octanol–water partition coefficient (Wildman–Crippen LogP) is 5.37. The van der Waals surface area contributed by atoms with E-state index >= 15 is 0 Å². The van der Waals surface area contributed by atoms with Crippen LogP contribution in [0.3, 0.4) is 0 Å². The molecule has 6 rings (SSSR count). The van der Waals surface area contributed by atoms with Crippen LogP contribution in [0.5, 0.6) is 0 Å². The number of hydrogen-bond donors (Lipinski definition) is 1. The molecule has 4 heterocycles. The molecule has 0 aliphatic carbocycles. The molecule has 1 unspecified atom stereocenters. The third-order valence-electron chi connectivity index (χ3n) is 7.77. The van der Waals surface area contributed by atoms with Gasteiger partial charge in [0.25, 0.3) is 0 Å². The average molecular weight is 542 g/mol. The van der Waals surface area contributed by atoms with Gasteiger partial charge >= 0.3 is 5.97 Å². The Hall–Kier alpha value is -3.82. The van der Waals surface area contributed by atoms with Gasteiger partial charge in [0.05, 0.1) is 24.8 Å². The number of ether oxygens (including phenoxy) is 1. The van der Waals surface area contributed by atoms with Crippen molar-refractivity contribution in [3.63, 3.8) is 0 Å². The molecular weight excluding hydrogens is 510 g/mol. The fourth-order valence-electron chi connectivity index (χ4n) is 5.34. The molecule has 2 aliphatic rings. The zero-order valence-corrected chi connectivity index (χ0v) is 23.3. The number of nitrogens with zero attached hydrogens (tertiary/aromatic N) is 5. The van der Waals surface area contributed by atoms with Crippen molar-refractivity contribution in [3.05, 3.63) is 81.7 Å². The van der Waals surface area contributed by atoms with Gasteiger partial charge in [-0.25, -0.2) is 0 Å². The number of benzene rings is 2. The van der Waals surface area contributed by atoms with Crippen molar-refractivity contribution in [2.75, 3.05) is 31.2 Å². The fraction of sp³-hybridized carbons (Fsp3) is 0.333. The highest BCUT2D eigenvalue weighted by Crippen LogP contribution is 2.41. The first-order chi connectivity index (χ1) is 18.8. The second kappa shape index (κ2) is 10.1. The first-order valence-electron chi connectivity index (χ1n) is 13.2. The van der Waals surface area contributed by atoms with E-state index in [0.717, 1.165) is 70.7 Å². The summed E-state index contributed by atoms with van der Waals surface area (Å²) < 4.78 is 7.51. The van der Waals surface area contributed by atoms with Gasteiger partial charge in [-0.1, -0.05) is 36.4 Å². The van der Waals surface area contributed by atoms with Gasteiger partial charge in [-0.05, 0) is 56.5 Å². The first-order valence-corrected chi connectivity index (χ1v) is 14.0. The third-order valence-corrected chi connectivity index (χ3v) is 8.96. The Bertz CT molecular complexity index is 1580. The maximum atomic E-state index is 12.1. The number of thiophene rings is 1. The van der Waals surface area contributed by atoms with Gasteiger partial charge in [-0.3, -0.25) is 14.4 Å². The van der Waals surface area contributed by atoms with Crippen molar-refractivity contribution in [1.29, 1.82) is 0 Å². The molecule has 4 aromatic rings. The van der Waals surface area contributed by atoms with Gasteiger partial charge in [0.15, 0.2) is 5.82 Å². The number of rotatable bonds is 5. The normalized spacial score (nSPS) is 17.7. The van der Waals surface area contributed by atoms with Crippen LogP contribution in [-0.4, -0.2) is 57.9 Å². The standard InChI is InChI=1S/C30H31N5O3S/c1-17-19(3)39-29-25(17)27(31-26(18(2)30(36)37)28-33-32-20(4)35(28)29)22-10-8-21(9-11-22)23-6-5-7-24(16-23)34-12-14-38-15-13-34/h5-11,16,18,26H,12-15H2,1-4H3,(H,36,37)/t18?,26-/m0/s1. The van der Waals surface area contributed by atoms with Crippen molar-refractivity contribution < 1.29 is 14.6 Å². The molecule has 9 heteroatoms. The molecule has 0 saturated carbocycles. The smallest absolute Gasteiger partial charge is 0.308 e. The number of morpholine rings is 1. The zero-order valence-electron chi connectivity index (χ0n) is 22.5. The summed E-state index contributed by atoms with van der Waals surface area (Å²) in [7, 11) is 0. The summed E-state index contributed by atoms with van der Waals surface area (Å²) in [6, 6.07) is 16.4. The Balaban J connectivity index is 1.44. The van der Waals surface area contributed by atoms with E-state index in [-0.39, 0.29) is 0 Å². The van der Waals surface area contributed by atoms with E-state index in [0.29, 0.717) is 5.82 Å². The van der Waals surface area contributed by atoms with Crippen LogP contribution in [0.2, 0.25) is 0 Å². The van der Waals surface area contributed by atoms with Gasteiger partial charge in [0.1, 0.15) is 16.9 Å². The minimum absolute atomic E-state index is 0.566. The Morgan fingerprint density at radius 2 is 1.74 bits per heavy atom. The van der Waals surface area contributed by atoms with E-state index in [9.17, 15) is 9.90 Å². The summed E-state index contributed by atoms with van der Waals surface area (Å²) in [6.45, 7) is 11.1. The highest BCUT2D eigenvalue weighted by atomic mass is 32.1. The molecule has 8 nitrogen and oxygen atoms in total. The molecule has 1 fully saturated rings. The number of carbonyl (C=O) groups is 1. The number of aromatic nitrogens is 3. The molecule has 2 aromatic carbocycles. The topological polar surface area (TPSA) is 92.8 Å². The van der Waals surface area contributed by atoms with Gasteiger partial charge < -0.3 is 14.7 Å². The average Bonchev–Trinajstić information content (AvgIpc) is 3.43. The van der Waals surface area contributed by atoms with Crippen LogP contribution in [0, 0.1) is 26.7 Å². The molecule has 2 aliphatic heterocycles. The predicted molar refractivity (Wildman–Crippen MR) is 154 cm³/mol. The quantitative estimate of drug-likeness (QED) is 0.365. The summed E-state index contributed by atoms with van der Waals surface area (Å²) in [5, 5.41) is 19.6. The highest BCUT2D eigenvalue weighted by Gasteiger charge is 2.36. The highest BCUT2D eigenvalue weighted by molar-refractivity contribution is 7.15. The maximum absolute atomic E-state index is 12.1. The Labute approximate surface area is 231 Å². The zero-order chi connectivity index (χ0) is 27.3. The number of aliphatic imine (C=N–C) groups is 1. The number of carboxylic acid groups (broad SMARTS) is 1. The number of carboxylic acids is 1. The summed E-state index contributed by atoms with van der Waals surface area (Å²) in [5.74, 6) is -0.387. The van der Waals surface area contributed by atoms with Gasteiger partial charge in [0, 0.05) is 34.8 Å². The van der Waals surface area contributed by atoms with Crippen LogP contribution in [-0.2, 0) is 9.53 Å².